The van der Waals surface area contributed by atoms with E-state index in [1.54, 1.807) is 12.3 Å². The Morgan fingerprint density at radius 3 is 2.24 bits per heavy atom. The van der Waals surface area contributed by atoms with Crippen molar-refractivity contribution in [1.82, 2.24) is 4.98 Å². The Bertz CT molecular complexity index is 356. The van der Waals surface area contributed by atoms with Gasteiger partial charge in [0, 0.05) is 12.7 Å². The summed E-state index contributed by atoms with van der Waals surface area (Å²) in [6.45, 7) is 9.84. The Kier molecular flexibility index (Phi) is 5.54. The summed E-state index contributed by atoms with van der Waals surface area (Å²) >= 11 is 11.9. The fourth-order valence-electron chi connectivity index (χ4n) is 2.00. The fourth-order valence-corrected chi connectivity index (χ4v) is 2.45. The summed E-state index contributed by atoms with van der Waals surface area (Å²) in [6, 6.07) is 1.71. The van der Waals surface area contributed by atoms with Gasteiger partial charge >= 0.3 is 0 Å². The van der Waals surface area contributed by atoms with Gasteiger partial charge < -0.3 is 5.32 Å². The summed E-state index contributed by atoms with van der Waals surface area (Å²) in [5.41, 5.74) is 0. The van der Waals surface area contributed by atoms with Crippen molar-refractivity contribution in [2.45, 2.75) is 27.7 Å². The number of hydrogen-bond donors (Lipinski definition) is 1. The van der Waals surface area contributed by atoms with E-state index in [1.165, 1.54) is 0 Å². The third-order valence-corrected chi connectivity index (χ3v) is 3.52. The van der Waals surface area contributed by atoms with E-state index in [0.717, 1.165) is 6.54 Å². The third kappa shape index (κ3) is 4.36. The summed E-state index contributed by atoms with van der Waals surface area (Å²) in [5, 5.41) is 4.43. The maximum Gasteiger partial charge on any atom is 0.144 e. The molecule has 0 bridgehead atoms. The number of nitrogens with zero attached hydrogens (tertiary/aromatic N) is 1. The van der Waals surface area contributed by atoms with Gasteiger partial charge in [-0.1, -0.05) is 50.9 Å². The molecule has 2 nitrogen and oxygen atoms in total. The number of rotatable bonds is 5. The zero-order chi connectivity index (χ0) is 13.0. The normalized spacial score (nSPS) is 11.6. The molecule has 0 spiro atoms. The molecule has 0 saturated carbocycles. The van der Waals surface area contributed by atoms with Crippen molar-refractivity contribution >= 4 is 29.0 Å². The molecule has 0 aliphatic rings. The summed E-state index contributed by atoms with van der Waals surface area (Å²) in [4.78, 5) is 4.19. The summed E-state index contributed by atoms with van der Waals surface area (Å²) in [7, 11) is 0. The molecular formula is C13H20Cl2N2. The number of halogens is 2. The van der Waals surface area contributed by atoms with Gasteiger partial charge in [0.15, 0.2) is 0 Å². The van der Waals surface area contributed by atoms with Gasteiger partial charge in [0.1, 0.15) is 5.82 Å². The van der Waals surface area contributed by atoms with E-state index in [-0.39, 0.29) is 0 Å². The van der Waals surface area contributed by atoms with Crippen LogP contribution in [0.1, 0.15) is 27.7 Å². The molecule has 0 radical (unpaired) electrons. The van der Waals surface area contributed by atoms with Crippen LogP contribution in [-0.4, -0.2) is 11.5 Å². The van der Waals surface area contributed by atoms with Crippen LogP contribution in [0.4, 0.5) is 5.82 Å². The summed E-state index contributed by atoms with van der Waals surface area (Å²) in [6.07, 6.45) is 1.61. The van der Waals surface area contributed by atoms with Gasteiger partial charge in [-0.3, -0.25) is 0 Å². The molecule has 0 saturated heterocycles. The van der Waals surface area contributed by atoms with Gasteiger partial charge in [-0.2, -0.15) is 0 Å². The number of pyridine rings is 1. The summed E-state index contributed by atoms with van der Waals surface area (Å²) < 4.78 is 0. The first kappa shape index (κ1) is 14.6. The quantitative estimate of drug-likeness (QED) is 0.840. The topological polar surface area (TPSA) is 24.9 Å². The lowest BCUT2D eigenvalue weighted by Gasteiger charge is -2.25. The zero-order valence-electron chi connectivity index (χ0n) is 10.8. The van der Waals surface area contributed by atoms with Crippen LogP contribution < -0.4 is 5.32 Å². The predicted octanol–water partition coefficient (Wildman–Crippen LogP) is 4.73. The molecule has 0 aliphatic heterocycles. The fraction of sp³-hybridized carbons (Fsp3) is 0.615. The number of aromatic nitrogens is 1. The van der Waals surface area contributed by atoms with Crippen LogP contribution in [0.15, 0.2) is 12.3 Å². The number of nitrogens with one attached hydrogen (secondary N) is 1. The van der Waals surface area contributed by atoms with E-state index in [9.17, 15) is 0 Å². The molecule has 1 heterocycles. The van der Waals surface area contributed by atoms with E-state index >= 15 is 0 Å². The largest absolute Gasteiger partial charge is 0.369 e. The SMILES string of the molecule is CC(C)C(CNc1ncc(Cl)cc1Cl)C(C)C. The highest BCUT2D eigenvalue weighted by Crippen LogP contribution is 2.25. The lowest BCUT2D eigenvalue weighted by molar-refractivity contribution is 0.304. The second-order valence-electron chi connectivity index (χ2n) is 5.02. The zero-order valence-corrected chi connectivity index (χ0v) is 12.3. The maximum absolute atomic E-state index is 6.06. The Labute approximate surface area is 114 Å². The highest BCUT2D eigenvalue weighted by Gasteiger charge is 2.17. The first-order valence-corrected chi connectivity index (χ1v) is 6.72. The van der Waals surface area contributed by atoms with E-state index in [4.69, 9.17) is 23.2 Å². The second kappa shape index (κ2) is 6.46. The molecule has 0 unspecified atom stereocenters. The van der Waals surface area contributed by atoms with Crippen molar-refractivity contribution in [3.63, 3.8) is 0 Å². The van der Waals surface area contributed by atoms with Crippen LogP contribution in [0.3, 0.4) is 0 Å². The smallest absolute Gasteiger partial charge is 0.144 e. The molecule has 96 valence electrons. The van der Waals surface area contributed by atoms with E-state index in [1.807, 2.05) is 0 Å². The molecule has 0 aromatic carbocycles. The first-order chi connectivity index (χ1) is 7.91. The molecule has 0 amide bonds. The molecule has 1 N–H and O–H groups in total. The summed E-state index contributed by atoms with van der Waals surface area (Å²) in [5.74, 6) is 2.58. The monoisotopic (exact) mass is 274 g/mol. The van der Waals surface area contributed by atoms with E-state index in [2.05, 4.69) is 38.0 Å². The van der Waals surface area contributed by atoms with Crippen LogP contribution in [0.25, 0.3) is 0 Å². The average Bonchev–Trinajstić information content (AvgIpc) is 2.20. The van der Waals surface area contributed by atoms with Crippen LogP contribution >= 0.6 is 23.2 Å². The minimum absolute atomic E-state index is 0.560. The highest BCUT2D eigenvalue weighted by atomic mass is 35.5. The number of anilines is 1. The Balaban J connectivity index is 2.65. The third-order valence-electron chi connectivity index (χ3n) is 3.03. The molecule has 1 aromatic rings. The Hall–Kier alpha value is -0.470. The van der Waals surface area contributed by atoms with Crippen molar-refractivity contribution in [3.05, 3.63) is 22.3 Å². The van der Waals surface area contributed by atoms with Crippen molar-refractivity contribution in [2.24, 2.45) is 17.8 Å². The second-order valence-corrected chi connectivity index (χ2v) is 5.86. The minimum Gasteiger partial charge on any atom is -0.369 e. The van der Waals surface area contributed by atoms with E-state index < -0.39 is 0 Å². The van der Waals surface area contributed by atoms with Crippen LogP contribution in [0.2, 0.25) is 10.0 Å². The predicted molar refractivity (Wildman–Crippen MR) is 75.9 cm³/mol. The number of hydrogen-bond acceptors (Lipinski definition) is 2. The molecule has 1 aromatic heterocycles. The lowest BCUT2D eigenvalue weighted by Crippen LogP contribution is -2.24. The van der Waals surface area contributed by atoms with Gasteiger partial charge in [-0.15, -0.1) is 0 Å². The highest BCUT2D eigenvalue weighted by molar-refractivity contribution is 6.35. The Morgan fingerprint density at radius 2 is 1.76 bits per heavy atom. The van der Waals surface area contributed by atoms with Crippen LogP contribution in [0.5, 0.6) is 0 Å². The van der Waals surface area contributed by atoms with E-state index in [0.29, 0.717) is 33.6 Å². The Morgan fingerprint density at radius 1 is 1.18 bits per heavy atom. The molecule has 17 heavy (non-hydrogen) atoms. The molecule has 0 aliphatic carbocycles. The molecule has 4 heteroatoms. The molecule has 0 atom stereocenters. The van der Waals surface area contributed by atoms with Crippen molar-refractivity contribution < 1.29 is 0 Å². The molecule has 0 fully saturated rings. The average molecular weight is 275 g/mol. The van der Waals surface area contributed by atoms with Crippen molar-refractivity contribution in [2.75, 3.05) is 11.9 Å². The van der Waals surface area contributed by atoms with Gasteiger partial charge in [0.05, 0.1) is 10.0 Å². The minimum atomic E-state index is 0.560. The van der Waals surface area contributed by atoms with Gasteiger partial charge in [-0.05, 0) is 23.8 Å². The van der Waals surface area contributed by atoms with Gasteiger partial charge in [0.2, 0.25) is 0 Å². The standard InChI is InChI=1S/C13H20Cl2N2/c1-8(2)11(9(3)4)7-17-13-12(15)5-10(14)6-16-13/h5-6,8-9,11H,7H2,1-4H3,(H,16,17). The van der Waals surface area contributed by atoms with Gasteiger partial charge in [-0.25, -0.2) is 4.98 Å². The lowest BCUT2D eigenvalue weighted by atomic mass is 9.85. The van der Waals surface area contributed by atoms with Crippen molar-refractivity contribution in [3.8, 4) is 0 Å². The van der Waals surface area contributed by atoms with Crippen LogP contribution in [0, 0.1) is 17.8 Å². The molecule has 1 rings (SSSR count). The van der Waals surface area contributed by atoms with Crippen LogP contribution in [-0.2, 0) is 0 Å². The van der Waals surface area contributed by atoms with Gasteiger partial charge in [0.25, 0.3) is 0 Å². The first-order valence-electron chi connectivity index (χ1n) is 5.96. The maximum atomic E-state index is 6.06. The molecular weight excluding hydrogens is 255 g/mol. The van der Waals surface area contributed by atoms with Crippen molar-refractivity contribution in [1.29, 1.82) is 0 Å².